The fourth-order valence-electron chi connectivity index (χ4n) is 5.17. The van der Waals surface area contributed by atoms with Crippen LogP contribution >= 0.6 is 11.6 Å². The number of benzene rings is 2. The predicted molar refractivity (Wildman–Crippen MR) is 147 cm³/mol. The van der Waals surface area contributed by atoms with Gasteiger partial charge in [-0.25, -0.2) is 14.4 Å². The number of nitrogens with one attached hydrogen (secondary N) is 2. The van der Waals surface area contributed by atoms with Gasteiger partial charge in [-0.15, -0.1) is 0 Å². The van der Waals surface area contributed by atoms with Crippen molar-refractivity contribution in [1.29, 1.82) is 0 Å². The lowest BCUT2D eigenvalue weighted by molar-refractivity contribution is -0.191. The van der Waals surface area contributed by atoms with Gasteiger partial charge in [-0.3, -0.25) is 14.4 Å². The molecule has 1 amide bonds. The second kappa shape index (κ2) is 10.2. The summed E-state index contributed by atoms with van der Waals surface area (Å²) in [4.78, 5) is 24.1. The van der Waals surface area contributed by atoms with Gasteiger partial charge in [-0.1, -0.05) is 23.7 Å². The molecular weight excluding hydrogens is 521 g/mol. The summed E-state index contributed by atoms with van der Waals surface area (Å²) in [5.74, 6) is -0.310. The number of likely N-dealkylation sites (tertiary alicyclic amines) is 1. The topological polar surface area (TPSA) is 97.2 Å². The molecule has 2 aliphatic heterocycles. The van der Waals surface area contributed by atoms with E-state index in [2.05, 4.69) is 30.6 Å². The van der Waals surface area contributed by atoms with Gasteiger partial charge in [0.15, 0.2) is 0 Å². The molecule has 2 aromatic heterocycles. The summed E-state index contributed by atoms with van der Waals surface area (Å²) in [5.41, 5.74) is 3.65. The molecule has 0 radical (unpaired) electrons. The lowest BCUT2D eigenvalue weighted by Gasteiger charge is -2.55. The molecule has 0 bridgehead atoms. The van der Waals surface area contributed by atoms with E-state index in [0.29, 0.717) is 29.3 Å². The smallest absolute Gasteiger partial charge is 0.255 e. The molecule has 0 saturated carbocycles. The maximum Gasteiger partial charge on any atom is 0.255 e. The number of hydrogen-bond donors (Lipinski definition) is 2. The summed E-state index contributed by atoms with van der Waals surface area (Å²) in [6.07, 6.45) is 3.54. The van der Waals surface area contributed by atoms with Crippen LogP contribution in [-0.2, 0) is 17.8 Å². The lowest BCUT2D eigenvalue weighted by Crippen LogP contribution is -2.65. The van der Waals surface area contributed by atoms with Crippen LogP contribution in [0.2, 0.25) is 5.02 Å². The van der Waals surface area contributed by atoms with Crippen LogP contribution in [0.3, 0.4) is 0 Å². The highest BCUT2D eigenvalue weighted by Gasteiger charge is 2.48. The second-order valence-corrected chi connectivity index (χ2v) is 10.9. The van der Waals surface area contributed by atoms with Gasteiger partial charge in [-0.2, -0.15) is 5.10 Å². The molecular formula is C28H29ClFN7O2. The fraction of sp³-hybridized carbons (Fsp3) is 0.357. The Labute approximate surface area is 230 Å². The number of carbonyl (C=O) groups is 1. The van der Waals surface area contributed by atoms with E-state index >= 15 is 0 Å². The van der Waals surface area contributed by atoms with Gasteiger partial charge in [0, 0.05) is 53.4 Å². The summed E-state index contributed by atoms with van der Waals surface area (Å²) in [7, 11) is 0. The van der Waals surface area contributed by atoms with Gasteiger partial charge in [0.1, 0.15) is 17.2 Å². The van der Waals surface area contributed by atoms with Crippen LogP contribution in [0.5, 0.6) is 0 Å². The molecule has 2 saturated heterocycles. The number of hydrogen-bond acceptors (Lipinski definition) is 7. The van der Waals surface area contributed by atoms with Crippen LogP contribution in [0.25, 0.3) is 11.2 Å². The third kappa shape index (κ3) is 5.19. The monoisotopic (exact) mass is 549 g/mol. The van der Waals surface area contributed by atoms with Crippen molar-refractivity contribution in [2.24, 2.45) is 5.41 Å². The van der Waals surface area contributed by atoms with Crippen LogP contribution in [0.1, 0.15) is 41.4 Å². The highest BCUT2D eigenvalue weighted by atomic mass is 35.5. The van der Waals surface area contributed by atoms with Gasteiger partial charge in [0.25, 0.3) is 5.91 Å². The fourth-order valence-corrected chi connectivity index (χ4v) is 5.43. The first kappa shape index (κ1) is 25.7. The standard InChI is InChI=1S/C28H29ClFN7O2/c1-3-37-12-24-26(35-37)34-25(10-31-24)32-17(2)18-5-4-6-20(7-18)33-27(38)19-8-22(29)21(23(30)9-19)11-36-13-28(14-36)15-39-16-28/h4-10,12,17H,3,11,13-16H2,1-2H3,(H,33,38)(H,32,34,35)/t17-/m0/s1. The maximum absolute atomic E-state index is 15.0. The normalized spacial score (nSPS) is 17.0. The SMILES string of the molecule is CCn1cc2ncc(N[C@@H](C)c3cccc(NC(=O)c4cc(F)c(CN5CC6(COC6)C5)c(Cl)c4)c3)nc2n1. The summed E-state index contributed by atoms with van der Waals surface area (Å²) in [5, 5.41) is 10.9. The number of aryl methyl sites for hydroxylation is 1. The number of fused-ring (bicyclic) bond motifs is 1. The van der Waals surface area contributed by atoms with Crippen molar-refractivity contribution in [3.05, 3.63) is 76.3 Å². The van der Waals surface area contributed by atoms with Crippen molar-refractivity contribution in [3.63, 3.8) is 0 Å². The Bertz CT molecular complexity index is 1520. The molecule has 1 spiro atoms. The molecule has 39 heavy (non-hydrogen) atoms. The quantitative estimate of drug-likeness (QED) is 0.323. The highest BCUT2D eigenvalue weighted by Crippen LogP contribution is 2.39. The zero-order valence-corrected chi connectivity index (χ0v) is 22.5. The van der Waals surface area contributed by atoms with E-state index in [1.807, 2.05) is 38.2 Å². The van der Waals surface area contributed by atoms with Crippen molar-refractivity contribution in [2.45, 2.75) is 33.0 Å². The number of carbonyl (C=O) groups excluding carboxylic acids is 1. The Hall–Kier alpha value is -3.60. The molecule has 4 aromatic rings. The summed E-state index contributed by atoms with van der Waals surface area (Å²) in [6, 6.07) is 10.1. The Kier molecular flexibility index (Phi) is 6.70. The first-order valence-electron chi connectivity index (χ1n) is 13.0. The largest absolute Gasteiger partial charge is 0.380 e. The van der Waals surface area contributed by atoms with Crippen LogP contribution in [0.15, 0.2) is 48.8 Å². The molecule has 2 fully saturated rings. The zero-order chi connectivity index (χ0) is 27.1. The van der Waals surface area contributed by atoms with E-state index in [0.717, 1.165) is 43.9 Å². The second-order valence-electron chi connectivity index (χ2n) is 10.5. The average Bonchev–Trinajstić information content (AvgIpc) is 3.29. The molecule has 1 atom stereocenters. The Morgan fingerprint density at radius 1 is 1.26 bits per heavy atom. The molecule has 2 N–H and O–H groups in total. The van der Waals surface area contributed by atoms with Crippen LogP contribution in [0.4, 0.5) is 15.9 Å². The minimum absolute atomic E-state index is 0.125. The predicted octanol–water partition coefficient (Wildman–Crippen LogP) is 4.90. The number of ether oxygens (including phenoxy) is 1. The molecule has 6 rings (SSSR count). The lowest BCUT2D eigenvalue weighted by atomic mass is 9.78. The first-order chi connectivity index (χ1) is 18.8. The average molecular weight is 550 g/mol. The molecule has 2 aromatic carbocycles. The Morgan fingerprint density at radius 2 is 2.08 bits per heavy atom. The van der Waals surface area contributed by atoms with Crippen LogP contribution in [-0.4, -0.2) is 56.9 Å². The van der Waals surface area contributed by atoms with Gasteiger partial charge in [0.05, 0.1) is 31.6 Å². The number of halogens is 2. The molecule has 202 valence electrons. The van der Waals surface area contributed by atoms with E-state index in [4.69, 9.17) is 16.3 Å². The summed E-state index contributed by atoms with van der Waals surface area (Å²) in [6.45, 7) is 8.44. The van der Waals surface area contributed by atoms with E-state index in [1.54, 1.807) is 16.9 Å². The van der Waals surface area contributed by atoms with E-state index in [1.165, 1.54) is 12.1 Å². The number of aromatic nitrogens is 4. The van der Waals surface area contributed by atoms with Crippen molar-refractivity contribution in [3.8, 4) is 0 Å². The van der Waals surface area contributed by atoms with E-state index in [9.17, 15) is 9.18 Å². The molecule has 0 unspecified atom stereocenters. The number of nitrogens with zero attached hydrogens (tertiary/aromatic N) is 5. The Morgan fingerprint density at radius 3 is 2.79 bits per heavy atom. The minimum Gasteiger partial charge on any atom is -0.380 e. The number of rotatable bonds is 8. The first-order valence-corrected chi connectivity index (χ1v) is 13.3. The van der Waals surface area contributed by atoms with Crippen LogP contribution < -0.4 is 10.6 Å². The molecule has 0 aliphatic carbocycles. The summed E-state index contributed by atoms with van der Waals surface area (Å²) < 4.78 is 22.1. The van der Waals surface area contributed by atoms with Crippen molar-refractivity contribution in [2.75, 3.05) is 36.9 Å². The zero-order valence-electron chi connectivity index (χ0n) is 21.7. The molecule has 9 nitrogen and oxygen atoms in total. The Balaban J connectivity index is 1.11. The minimum atomic E-state index is -0.480. The van der Waals surface area contributed by atoms with Gasteiger partial charge in [-0.05, 0) is 43.7 Å². The van der Waals surface area contributed by atoms with Crippen LogP contribution in [0, 0.1) is 11.2 Å². The summed E-state index contributed by atoms with van der Waals surface area (Å²) >= 11 is 6.42. The van der Waals surface area contributed by atoms with Gasteiger partial charge in [0.2, 0.25) is 5.65 Å². The number of amides is 1. The number of anilines is 2. The van der Waals surface area contributed by atoms with E-state index in [-0.39, 0.29) is 22.0 Å². The third-order valence-electron chi connectivity index (χ3n) is 7.33. The van der Waals surface area contributed by atoms with E-state index < -0.39 is 11.7 Å². The molecule has 2 aliphatic rings. The van der Waals surface area contributed by atoms with Crippen molar-refractivity contribution < 1.29 is 13.9 Å². The van der Waals surface area contributed by atoms with Gasteiger partial charge >= 0.3 is 0 Å². The molecule has 4 heterocycles. The maximum atomic E-state index is 15.0. The molecule has 11 heteroatoms. The van der Waals surface area contributed by atoms with Crippen molar-refractivity contribution in [1.82, 2.24) is 24.6 Å². The van der Waals surface area contributed by atoms with Crippen molar-refractivity contribution >= 4 is 40.2 Å². The van der Waals surface area contributed by atoms with Gasteiger partial charge < -0.3 is 15.4 Å². The highest BCUT2D eigenvalue weighted by molar-refractivity contribution is 6.31. The third-order valence-corrected chi connectivity index (χ3v) is 7.67.